The predicted octanol–water partition coefficient (Wildman–Crippen LogP) is 16.9. The van der Waals surface area contributed by atoms with Gasteiger partial charge in [0.05, 0.1) is 0 Å². The molecule has 0 saturated heterocycles. The highest BCUT2D eigenvalue weighted by Gasteiger charge is 2.14. The van der Waals surface area contributed by atoms with Gasteiger partial charge in [0.15, 0.2) is 0 Å². The molecule has 10 rings (SSSR count). The molecular formula is C62H48N2. The van der Waals surface area contributed by atoms with Crippen molar-refractivity contribution in [2.75, 3.05) is 23.9 Å². The summed E-state index contributed by atoms with van der Waals surface area (Å²) < 4.78 is 0. The van der Waals surface area contributed by atoms with Crippen molar-refractivity contribution in [3.8, 4) is 77.9 Å². The molecule has 0 radical (unpaired) electrons. The van der Waals surface area contributed by atoms with Crippen LogP contribution in [-0.4, -0.2) is 14.1 Å². The first-order chi connectivity index (χ1) is 31.6. The minimum Gasteiger partial charge on any atom is -0.345 e. The number of anilines is 4. The highest BCUT2D eigenvalue weighted by atomic mass is 15.1. The molecular weight excluding hydrogens is 773 g/mol. The Morgan fingerprint density at radius 2 is 0.516 bits per heavy atom. The third-order valence-electron chi connectivity index (χ3n) is 12.4. The lowest BCUT2D eigenvalue weighted by Crippen LogP contribution is -2.10. The van der Waals surface area contributed by atoms with Crippen LogP contribution in [-0.2, 0) is 0 Å². The van der Waals surface area contributed by atoms with Crippen molar-refractivity contribution >= 4 is 22.7 Å². The van der Waals surface area contributed by atoms with Crippen LogP contribution in [0.5, 0.6) is 0 Å². The zero-order valence-corrected chi connectivity index (χ0v) is 36.1. The quantitative estimate of drug-likeness (QED) is 0.128. The van der Waals surface area contributed by atoms with Gasteiger partial charge in [-0.05, 0) is 115 Å². The van der Waals surface area contributed by atoms with Crippen LogP contribution in [0.25, 0.3) is 77.9 Å². The Bertz CT molecular complexity index is 3120. The molecule has 0 unspecified atom stereocenters. The van der Waals surface area contributed by atoms with Gasteiger partial charge in [0.25, 0.3) is 0 Å². The second-order valence-corrected chi connectivity index (χ2v) is 16.3. The fraction of sp³-hybridized carbons (Fsp3) is 0.0323. The van der Waals surface area contributed by atoms with Gasteiger partial charge in [0, 0.05) is 42.4 Å². The van der Waals surface area contributed by atoms with E-state index in [1.165, 1.54) is 77.9 Å². The lowest BCUT2D eigenvalue weighted by molar-refractivity contribution is 1.21. The molecule has 2 nitrogen and oxygen atoms in total. The predicted molar refractivity (Wildman–Crippen MR) is 274 cm³/mol. The van der Waals surface area contributed by atoms with Crippen molar-refractivity contribution in [2.24, 2.45) is 0 Å². The molecule has 0 bridgehead atoms. The molecule has 306 valence electrons. The van der Waals surface area contributed by atoms with Crippen LogP contribution in [0.1, 0.15) is 0 Å². The summed E-state index contributed by atoms with van der Waals surface area (Å²) in [6.45, 7) is 0. The zero-order chi connectivity index (χ0) is 43.2. The summed E-state index contributed by atoms with van der Waals surface area (Å²) in [5.41, 5.74) is 21.4. The molecule has 0 atom stereocenters. The summed E-state index contributed by atoms with van der Waals surface area (Å²) in [4.78, 5) is 4.54. The van der Waals surface area contributed by atoms with Crippen LogP contribution in [0, 0.1) is 0 Å². The topological polar surface area (TPSA) is 6.48 Å². The van der Waals surface area contributed by atoms with Crippen molar-refractivity contribution < 1.29 is 0 Å². The third-order valence-corrected chi connectivity index (χ3v) is 12.4. The smallest absolute Gasteiger partial charge is 0.0487 e. The Balaban J connectivity index is 0.848. The van der Waals surface area contributed by atoms with Gasteiger partial charge in [-0.3, -0.25) is 0 Å². The van der Waals surface area contributed by atoms with Crippen LogP contribution >= 0.6 is 0 Å². The molecule has 0 saturated carbocycles. The molecule has 0 aromatic heterocycles. The normalized spacial score (nSPS) is 11.0. The van der Waals surface area contributed by atoms with E-state index in [4.69, 9.17) is 0 Å². The summed E-state index contributed by atoms with van der Waals surface area (Å²) in [6, 6.07) is 91.7. The number of nitrogens with zero attached hydrogens (tertiary/aromatic N) is 2. The highest BCUT2D eigenvalue weighted by molar-refractivity contribution is 5.88. The van der Waals surface area contributed by atoms with Crippen molar-refractivity contribution in [3.63, 3.8) is 0 Å². The minimum atomic E-state index is 1.13. The van der Waals surface area contributed by atoms with E-state index < -0.39 is 0 Å². The van der Waals surface area contributed by atoms with Crippen molar-refractivity contribution in [3.05, 3.63) is 255 Å². The molecule has 0 aliphatic rings. The number of benzene rings is 10. The standard InChI is InChI=1S/C62H48N2/c1-63(56-40-36-51(37-41-56)49-28-24-47(25-29-49)45-14-5-3-6-15-45)58-19-13-18-55(44-58)60-21-10-9-20-59(60)53-32-34-54(35-33-53)61-22-11-12-23-62(61)64(2)57-42-38-52(39-43-57)50-30-26-48(27-31-50)46-16-7-4-8-17-46/h3-44H,1-2H3. The Morgan fingerprint density at radius 1 is 0.203 bits per heavy atom. The van der Waals surface area contributed by atoms with E-state index >= 15 is 0 Å². The van der Waals surface area contributed by atoms with Gasteiger partial charge in [-0.15, -0.1) is 0 Å². The first-order valence-corrected chi connectivity index (χ1v) is 21.9. The summed E-state index contributed by atoms with van der Waals surface area (Å²) in [5.74, 6) is 0. The largest absolute Gasteiger partial charge is 0.345 e. The van der Waals surface area contributed by atoms with Gasteiger partial charge < -0.3 is 9.80 Å². The van der Waals surface area contributed by atoms with Gasteiger partial charge in [-0.25, -0.2) is 0 Å². The van der Waals surface area contributed by atoms with E-state index in [1.54, 1.807) is 0 Å². The Kier molecular flexibility index (Phi) is 11.2. The first kappa shape index (κ1) is 39.9. The van der Waals surface area contributed by atoms with Gasteiger partial charge >= 0.3 is 0 Å². The van der Waals surface area contributed by atoms with Crippen LogP contribution in [0.3, 0.4) is 0 Å². The van der Waals surface area contributed by atoms with Crippen molar-refractivity contribution in [1.82, 2.24) is 0 Å². The summed E-state index contributed by atoms with van der Waals surface area (Å²) >= 11 is 0. The Morgan fingerprint density at radius 3 is 0.984 bits per heavy atom. The van der Waals surface area contributed by atoms with Crippen LogP contribution < -0.4 is 9.80 Å². The monoisotopic (exact) mass is 820 g/mol. The van der Waals surface area contributed by atoms with Crippen LogP contribution in [0.2, 0.25) is 0 Å². The SMILES string of the molecule is CN(c1ccc(-c2ccc(-c3ccccc3)cc2)cc1)c1cccc(-c2ccccc2-c2ccc(-c3ccccc3N(C)c3ccc(-c4ccc(-c5ccccc5)cc4)cc3)cc2)c1. The Hall–Kier alpha value is -8.20. The molecule has 0 amide bonds. The molecule has 0 N–H and O–H groups in total. The summed E-state index contributed by atoms with van der Waals surface area (Å²) in [5, 5.41) is 0. The van der Waals surface area contributed by atoms with E-state index in [9.17, 15) is 0 Å². The number of rotatable bonds is 11. The molecule has 10 aromatic carbocycles. The first-order valence-electron chi connectivity index (χ1n) is 21.9. The van der Waals surface area contributed by atoms with E-state index in [0.717, 1.165) is 22.7 Å². The van der Waals surface area contributed by atoms with Gasteiger partial charge in [-0.1, -0.05) is 212 Å². The molecule has 0 spiro atoms. The maximum Gasteiger partial charge on any atom is 0.0487 e. The molecule has 64 heavy (non-hydrogen) atoms. The zero-order valence-electron chi connectivity index (χ0n) is 36.1. The Labute approximate surface area is 377 Å². The third kappa shape index (κ3) is 8.38. The van der Waals surface area contributed by atoms with E-state index in [1.807, 2.05) is 0 Å². The number of para-hydroxylation sites is 1. The van der Waals surface area contributed by atoms with Gasteiger partial charge in [-0.2, -0.15) is 0 Å². The molecule has 0 heterocycles. The van der Waals surface area contributed by atoms with Gasteiger partial charge in [0.1, 0.15) is 0 Å². The van der Waals surface area contributed by atoms with Crippen LogP contribution in [0.4, 0.5) is 22.7 Å². The van der Waals surface area contributed by atoms with Crippen LogP contribution in [0.15, 0.2) is 255 Å². The van der Waals surface area contributed by atoms with Gasteiger partial charge in [0.2, 0.25) is 0 Å². The lowest BCUT2D eigenvalue weighted by Gasteiger charge is -2.23. The minimum absolute atomic E-state index is 1.13. The fourth-order valence-corrected chi connectivity index (χ4v) is 8.72. The second-order valence-electron chi connectivity index (χ2n) is 16.3. The fourth-order valence-electron chi connectivity index (χ4n) is 8.72. The van der Waals surface area contributed by atoms with E-state index in [0.29, 0.717) is 0 Å². The average molecular weight is 821 g/mol. The molecule has 10 aromatic rings. The molecule has 0 aliphatic carbocycles. The molecule has 0 fully saturated rings. The number of hydrogen-bond donors (Lipinski definition) is 0. The lowest BCUT2D eigenvalue weighted by atomic mass is 9.93. The molecule has 0 aliphatic heterocycles. The average Bonchev–Trinajstić information content (AvgIpc) is 3.39. The maximum atomic E-state index is 2.30. The summed E-state index contributed by atoms with van der Waals surface area (Å²) in [6.07, 6.45) is 0. The van der Waals surface area contributed by atoms with Crippen molar-refractivity contribution in [2.45, 2.75) is 0 Å². The summed E-state index contributed by atoms with van der Waals surface area (Å²) in [7, 11) is 4.30. The number of hydrogen-bond acceptors (Lipinski definition) is 2. The van der Waals surface area contributed by atoms with E-state index in [-0.39, 0.29) is 0 Å². The molecule has 2 heteroatoms. The second kappa shape index (κ2) is 18.0. The van der Waals surface area contributed by atoms with Crippen molar-refractivity contribution in [1.29, 1.82) is 0 Å². The maximum absolute atomic E-state index is 2.30. The highest BCUT2D eigenvalue weighted by Crippen LogP contribution is 2.39. The van der Waals surface area contributed by atoms with E-state index in [2.05, 4.69) is 279 Å².